The van der Waals surface area contributed by atoms with Crippen molar-refractivity contribution in [2.24, 2.45) is 0 Å². The van der Waals surface area contributed by atoms with Gasteiger partial charge in [-0.15, -0.1) is 0 Å². The molecule has 0 aliphatic rings. The third-order valence-electron chi connectivity index (χ3n) is 3.86. The first kappa shape index (κ1) is 15.4. The van der Waals surface area contributed by atoms with Gasteiger partial charge < -0.3 is 5.11 Å². The molecule has 1 nitrogen and oxygen atoms in total. The van der Waals surface area contributed by atoms with Crippen LogP contribution in [0.1, 0.15) is 22.8 Å². The molecule has 3 rings (SSSR count). The Kier molecular flexibility index (Phi) is 4.69. The smallest absolute Gasteiger partial charge is 0.0830 e. The molecular weight excluding hydrogens is 311 g/mol. The molecular formula is C19H18ClOP. The van der Waals surface area contributed by atoms with Crippen LogP contribution in [0, 0.1) is 6.92 Å². The third kappa shape index (κ3) is 3.44. The molecule has 1 N–H and O–H groups in total. The molecule has 0 saturated carbocycles. The van der Waals surface area contributed by atoms with Gasteiger partial charge in [-0.2, -0.15) is 0 Å². The number of benzene rings is 2. The minimum Gasteiger partial charge on any atom is -0.388 e. The summed E-state index contributed by atoms with van der Waals surface area (Å²) in [6.07, 6.45) is 0.160. The van der Waals surface area contributed by atoms with Crippen LogP contribution in [-0.2, 0) is 6.42 Å². The van der Waals surface area contributed by atoms with Gasteiger partial charge >= 0.3 is 0 Å². The fourth-order valence-corrected chi connectivity index (χ4v) is 4.82. The summed E-state index contributed by atoms with van der Waals surface area (Å²) < 4.78 is 0. The maximum Gasteiger partial charge on any atom is 0.0830 e. The second-order valence-corrected chi connectivity index (χ2v) is 7.76. The topological polar surface area (TPSA) is 20.2 Å². The standard InChI is InChI=1S/C19H18ClOP/c1-14-12-22(18-5-3-2-4-6-18)13-16(14)11-19(21)15-7-9-17(20)10-8-15/h2-10,12-13,19,21H,11H2,1H3. The maximum atomic E-state index is 10.4. The Labute approximate surface area is 137 Å². The molecule has 0 radical (unpaired) electrons. The highest BCUT2D eigenvalue weighted by molar-refractivity contribution is 7.56. The van der Waals surface area contributed by atoms with Crippen LogP contribution in [0.15, 0.2) is 66.2 Å². The Morgan fingerprint density at radius 3 is 2.36 bits per heavy atom. The molecule has 3 heteroatoms. The van der Waals surface area contributed by atoms with Crippen molar-refractivity contribution in [3.63, 3.8) is 0 Å². The normalized spacial score (nSPS) is 13.1. The van der Waals surface area contributed by atoms with Gasteiger partial charge in [0.2, 0.25) is 0 Å². The van der Waals surface area contributed by atoms with Crippen LogP contribution >= 0.6 is 19.1 Å². The zero-order valence-corrected chi connectivity index (χ0v) is 14.1. The number of aliphatic hydroxyl groups excluding tert-OH is 1. The van der Waals surface area contributed by atoms with E-state index in [2.05, 4.69) is 42.8 Å². The number of hydrogen-bond acceptors (Lipinski definition) is 1. The van der Waals surface area contributed by atoms with E-state index in [1.54, 1.807) is 0 Å². The molecule has 22 heavy (non-hydrogen) atoms. The second-order valence-electron chi connectivity index (χ2n) is 5.48. The Hall–Kier alpha value is -1.53. The van der Waals surface area contributed by atoms with Crippen molar-refractivity contribution in [3.05, 3.63) is 87.9 Å². The van der Waals surface area contributed by atoms with E-state index in [0.29, 0.717) is 11.4 Å². The Balaban J connectivity index is 1.81. The molecule has 112 valence electrons. The lowest BCUT2D eigenvalue weighted by Gasteiger charge is -2.11. The van der Waals surface area contributed by atoms with E-state index < -0.39 is 6.10 Å². The summed E-state index contributed by atoms with van der Waals surface area (Å²) in [5, 5.41) is 12.5. The number of halogens is 1. The summed E-state index contributed by atoms with van der Waals surface area (Å²) in [7, 11) is -0.380. The summed E-state index contributed by atoms with van der Waals surface area (Å²) in [4.78, 5) is 0. The van der Waals surface area contributed by atoms with Gasteiger partial charge in [-0.05, 0) is 52.6 Å². The molecule has 1 aromatic heterocycles. The fraction of sp³-hybridized carbons (Fsp3) is 0.158. The fourth-order valence-electron chi connectivity index (χ4n) is 2.57. The highest BCUT2D eigenvalue weighted by Gasteiger charge is 2.12. The van der Waals surface area contributed by atoms with E-state index in [4.69, 9.17) is 11.6 Å². The summed E-state index contributed by atoms with van der Waals surface area (Å²) in [5.41, 5.74) is 3.44. The van der Waals surface area contributed by atoms with Crippen molar-refractivity contribution >= 4 is 19.1 Å². The molecule has 0 bridgehead atoms. The van der Waals surface area contributed by atoms with Crippen LogP contribution in [0.4, 0.5) is 0 Å². The van der Waals surface area contributed by atoms with Gasteiger partial charge in [-0.25, -0.2) is 0 Å². The number of rotatable bonds is 4. The number of aryl methyl sites for hydroxylation is 1. The van der Waals surface area contributed by atoms with E-state index in [-0.39, 0.29) is 7.53 Å². The lowest BCUT2D eigenvalue weighted by Crippen LogP contribution is -2.01. The molecule has 0 amide bonds. The Morgan fingerprint density at radius 2 is 1.68 bits per heavy atom. The largest absolute Gasteiger partial charge is 0.388 e. The molecule has 0 aliphatic carbocycles. The van der Waals surface area contributed by atoms with Gasteiger partial charge in [-0.3, -0.25) is 0 Å². The average Bonchev–Trinajstić information content (AvgIpc) is 2.90. The van der Waals surface area contributed by atoms with Gasteiger partial charge in [0.25, 0.3) is 0 Å². The molecule has 2 atom stereocenters. The van der Waals surface area contributed by atoms with E-state index in [0.717, 1.165) is 5.56 Å². The van der Waals surface area contributed by atoms with Crippen LogP contribution in [0.5, 0.6) is 0 Å². The SMILES string of the molecule is Cc1cp(-c2ccccc2)cc1CC(O)c1ccc(Cl)cc1. The quantitative estimate of drug-likeness (QED) is 0.632. The Bertz CT molecular complexity index is 747. The monoisotopic (exact) mass is 328 g/mol. The minimum absolute atomic E-state index is 0.380. The summed E-state index contributed by atoms with van der Waals surface area (Å²) in [6, 6.07) is 18.0. The van der Waals surface area contributed by atoms with E-state index in [1.165, 1.54) is 16.4 Å². The first-order chi connectivity index (χ1) is 10.6. The molecule has 2 aromatic carbocycles. The minimum atomic E-state index is -0.488. The van der Waals surface area contributed by atoms with Gasteiger partial charge in [0.15, 0.2) is 0 Å². The van der Waals surface area contributed by atoms with Crippen molar-refractivity contribution in [1.82, 2.24) is 0 Å². The van der Waals surface area contributed by atoms with E-state index in [9.17, 15) is 5.11 Å². The van der Waals surface area contributed by atoms with Crippen molar-refractivity contribution in [2.75, 3.05) is 0 Å². The van der Waals surface area contributed by atoms with Crippen LogP contribution in [0.2, 0.25) is 5.02 Å². The van der Waals surface area contributed by atoms with Gasteiger partial charge in [0.1, 0.15) is 0 Å². The summed E-state index contributed by atoms with van der Waals surface area (Å²) in [6.45, 7) is 2.13. The second kappa shape index (κ2) is 6.71. The highest BCUT2D eigenvalue weighted by atomic mass is 35.5. The van der Waals surface area contributed by atoms with E-state index >= 15 is 0 Å². The first-order valence-corrected chi connectivity index (χ1v) is 9.16. The molecule has 2 unspecified atom stereocenters. The summed E-state index contributed by atoms with van der Waals surface area (Å²) in [5.74, 6) is 4.65. The average molecular weight is 329 g/mol. The highest BCUT2D eigenvalue weighted by Crippen LogP contribution is 2.43. The molecule has 3 aromatic rings. The number of hydrogen-bond donors (Lipinski definition) is 1. The van der Waals surface area contributed by atoms with Crippen molar-refractivity contribution in [2.45, 2.75) is 19.4 Å². The maximum absolute atomic E-state index is 10.4. The van der Waals surface area contributed by atoms with Crippen LogP contribution < -0.4 is 0 Å². The zero-order valence-electron chi connectivity index (χ0n) is 12.4. The molecule has 0 spiro atoms. The lowest BCUT2D eigenvalue weighted by molar-refractivity contribution is 0.178. The third-order valence-corrected chi connectivity index (χ3v) is 6.26. The van der Waals surface area contributed by atoms with Crippen LogP contribution in [-0.4, -0.2) is 5.11 Å². The van der Waals surface area contributed by atoms with E-state index in [1.807, 2.05) is 30.3 Å². The molecule has 0 fully saturated rings. The number of aliphatic hydroxyl groups is 1. The van der Waals surface area contributed by atoms with Crippen LogP contribution in [0.3, 0.4) is 0 Å². The molecule has 1 heterocycles. The predicted molar refractivity (Wildman–Crippen MR) is 95.3 cm³/mol. The van der Waals surface area contributed by atoms with Crippen molar-refractivity contribution in [1.29, 1.82) is 0 Å². The van der Waals surface area contributed by atoms with Crippen molar-refractivity contribution in [3.8, 4) is 5.30 Å². The van der Waals surface area contributed by atoms with Crippen molar-refractivity contribution < 1.29 is 5.11 Å². The molecule has 0 aliphatic heterocycles. The Morgan fingerprint density at radius 1 is 1.00 bits per heavy atom. The van der Waals surface area contributed by atoms with Gasteiger partial charge in [0.05, 0.1) is 6.10 Å². The first-order valence-electron chi connectivity index (χ1n) is 7.30. The molecule has 0 saturated heterocycles. The van der Waals surface area contributed by atoms with Crippen LogP contribution in [0.25, 0.3) is 5.30 Å². The summed E-state index contributed by atoms with van der Waals surface area (Å²) >= 11 is 5.90. The predicted octanol–water partition coefficient (Wildman–Crippen LogP) is 5.90. The van der Waals surface area contributed by atoms with Gasteiger partial charge in [0, 0.05) is 11.4 Å². The van der Waals surface area contributed by atoms with Gasteiger partial charge in [-0.1, -0.05) is 61.6 Å². The lowest BCUT2D eigenvalue weighted by atomic mass is 10.0. The zero-order chi connectivity index (χ0) is 15.5.